The highest BCUT2D eigenvalue weighted by Gasteiger charge is 2.26. The van der Waals surface area contributed by atoms with Gasteiger partial charge >= 0.3 is 0 Å². The molecule has 0 amide bonds. The second-order valence-corrected chi connectivity index (χ2v) is 5.41. The first kappa shape index (κ1) is 12.8. The Morgan fingerprint density at radius 1 is 1.00 bits per heavy atom. The zero-order valence-electron chi connectivity index (χ0n) is 11.8. The van der Waals surface area contributed by atoms with Crippen LogP contribution in [0.15, 0.2) is 60.2 Å². The molecule has 2 aromatic carbocycles. The molecule has 0 aliphatic heterocycles. The lowest BCUT2D eigenvalue weighted by Gasteiger charge is -2.00. The zero-order chi connectivity index (χ0) is 15.1. The van der Waals surface area contributed by atoms with Crippen LogP contribution >= 0.6 is 0 Å². The van der Waals surface area contributed by atoms with Crippen LogP contribution in [0.5, 0.6) is 5.75 Å². The van der Waals surface area contributed by atoms with Gasteiger partial charge in [-0.2, -0.15) is 0 Å². The molecular formula is C19H13NO2. The summed E-state index contributed by atoms with van der Waals surface area (Å²) in [5.41, 5.74) is 3.63. The van der Waals surface area contributed by atoms with Crippen molar-refractivity contribution >= 4 is 22.8 Å². The molecule has 0 saturated carbocycles. The van der Waals surface area contributed by atoms with E-state index in [1.54, 1.807) is 18.2 Å². The number of phenolic OH excluding ortho intramolecular Hbond substituents is 1. The van der Waals surface area contributed by atoms with E-state index in [4.69, 9.17) is 0 Å². The third-order valence-corrected chi connectivity index (χ3v) is 4.00. The van der Waals surface area contributed by atoms with Crippen molar-refractivity contribution in [2.45, 2.75) is 6.42 Å². The molecule has 0 radical (unpaired) electrons. The lowest BCUT2D eigenvalue weighted by atomic mass is 10.1. The van der Waals surface area contributed by atoms with Crippen LogP contribution in [-0.2, 0) is 6.42 Å². The Morgan fingerprint density at radius 3 is 2.73 bits per heavy atom. The van der Waals surface area contributed by atoms with Crippen molar-refractivity contribution in [1.29, 1.82) is 0 Å². The monoisotopic (exact) mass is 287 g/mol. The van der Waals surface area contributed by atoms with Crippen molar-refractivity contribution in [2.24, 2.45) is 0 Å². The summed E-state index contributed by atoms with van der Waals surface area (Å²) in [6.07, 6.45) is 2.27. The molecule has 1 N–H and O–H groups in total. The zero-order valence-corrected chi connectivity index (χ0v) is 11.8. The molecule has 4 rings (SSSR count). The summed E-state index contributed by atoms with van der Waals surface area (Å²) in [7, 11) is 0. The fourth-order valence-electron chi connectivity index (χ4n) is 2.87. The van der Waals surface area contributed by atoms with Gasteiger partial charge in [0.25, 0.3) is 0 Å². The largest absolute Gasteiger partial charge is 0.508 e. The number of benzene rings is 2. The number of para-hydroxylation sites is 1. The topological polar surface area (TPSA) is 50.2 Å². The molecule has 1 heterocycles. The van der Waals surface area contributed by atoms with Crippen LogP contribution < -0.4 is 0 Å². The van der Waals surface area contributed by atoms with Crippen LogP contribution in [0.2, 0.25) is 0 Å². The Kier molecular flexibility index (Phi) is 2.79. The van der Waals surface area contributed by atoms with Crippen molar-refractivity contribution in [3.8, 4) is 5.75 Å². The number of phenols is 1. The van der Waals surface area contributed by atoms with Gasteiger partial charge in [-0.25, -0.2) is 4.98 Å². The molecule has 3 heteroatoms. The Bertz CT molecular complexity index is 941. The Hall–Kier alpha value is -2.94. The third-order valence-electron chi connectivity index (χ3n) is 4.00. The number of fused-ring (bicyclic) bond motifs is 2. The highest BCUT2D eigenvalue weighted by atomic mass is 16.3. The summed E-state index contributed by atoms with van der Waals surface area (Å²) in [5.74, 6) is 0.154. The van der Waals surface area contributed by atoms with Gasteiger partial charge in [0.15, 0.2) is 5.78 Å². The molecule has 106 valence electrons. The van der Waals surface area contributed by atoms with E-state index in [1.807, 2.05) is 42.5 Å². The first-order chi connectivity index (χ1) is 10.7. The predicted octanol–water partition coefficient (Wildman–Crippen LogP) is 3.76. The quantitative estimate of drug-likeness (QED) is 0.693. The van der Waals surface area contributed by atoms with Crippen LogP contribution in [0, 0.1) is 0 Å². The number of rotatable bonds is 1. The van der Waals surface area contributed by atoms with Crippen LogP contribution in [0.4, 0.5) is 0 Å². The molecule has 0 saturated heterocycles. The lowest BCUT2D eigenvalue weighted by Crippen LogP contribution is -1.95. The fraction of sp³-hybridized carbons (Fsp3) is 0.0526. The highest BCUT2D eigenvalue weighted by Crippen LogP contribution is 2.33. The van der Waals surface area contributed by atoms with Crippen LogP contribution in [0.25, 0.3) is 17.0 Å². The number of hydrogen-bond donors (Lipinski definition) is 1. The van der Waals surface area contributed by atoms with E-state index in [0.717, 1.165) is 16.6 Å². The summed E-state index contributed by atoms with van der Waals surface area (Å²) in [4.78, 5) is 17.0. The molecule has 0 unspecified atom stereocenters. The van der Waals surface area contributed by atoms with Gasteiger partial charge in [0.1, 0.15) is 5.75 Å². The number of hydrogen-bond acceptors (Lipinski definition) is 3. The third kappa shape index (κ3) is 1.99. The minimum absolute atomic E-state index is 0.0270. The average molecular weight is 287 g/mol. The van der Waals surface area contributed by atoms with Gasteiger partial charge in [-0.3, -0.25) is 4.79 Å². The number of carbonyl (C=O) groups is 1. The molecule has 0 bridgehead atoms. The second-order valence-electron chi connectivity index (χ2n) is 5.41. The van der Waals surface area contributed by atoms with Crippen molar-refractivity contribution in [3.05, 3.63) is 77.0 Å². The molecule has 0 spiro atoms. The predicted molar refractivity (Wildman–Crippen MR) is 85.9 cm³/mol. The van der Waals surface area contributed by atoms with Crippen molar-refractivity contribution in [1.82, 2.24) is 4.98 Å². The smallest absolute Gasteiger partial charge is 0.189 e. The van der Waals surface area contributed by atoms with Gasteiger partial charge in [0, 0.05) is 28.5 Å². The summed E-state index contributed by atoms with van der Waals surface area (Å²) >= 11 is 0. The number of allylic oxidation sites excluding steroid dienone is 1. The van der Waals surface area contributed by atoms with E-state index in [2.05, 4.69) is 4.98 Å². The standard InChI is InChI=1S/C19H13NO2/c21-18-7-3-5-15-16(18)11-13(19(15)22)10-14-9-8-12-4-1-2-6-17(12)20-14/h1-10,21H,11H2/b13-10+. The normalized spacial score (nSPS) is 15.5. The summed E-state index contributed by atoms with van der Waals surface area (Å²) in [5, 5.41) is 11.0. The van der Waals surface area contributed by atoms with Gasteiger partial charge in [0.05, 0.1) is 11.2 Å². The Labute approximate surface area is 127 Å². The van der Waals surface area contributed by atoms with E-state index < -0.39 is 0 Å². The molecule has 1 aromatic heterocycles. The Balaban J connectivity index is 1.77. The molecule has 22 heavy (non-hydrogen) atoms. The number of nitrogens with zero attached hydrogens (tertiary/aromatic N) is 1. The maximum atomic E-state index is 12.4. The molecule has 3 nitrogen and oxygen atoms in total. The second kappa shape index (κ2) is 4.81. The van der Waals surface area contributed by atoms with Crippen LogP contribution in [0.1, 0.15) is 21.6 Å². The fourth-order valence-corrected chi connectivity index (χ4v) is 2.87. The molecule has 3 aromatic rings. The summed E-state index contributed by atoms with van der Waals surface area (Å²) < 4.78 is 0. The van der Waals surface area contributed by atoms with E-state index in [0.29, 0.717) is 23.1 Å². The molecule has 0 atom stereocenters. The van der Waals surface area contributed by atoms with Crippen LogP contribution in [-0.4, -0.2) is 15.9 Å². The van der Waals surface area contributed by atoms with Crippen molar-refractivity contribution in [2.75, 3.05) is 0 Å². The first-order valence-corrected chi connectivity index (χ1v) is 7.14. The van der Waals surface area contributed by atoms with Crippen molar-refractivity contribution in [3.63, 3.8) is 0 Å². The maximum absolute atomic E-state index is 12.4. The summed E-state index contributed by atoms with van der Waals surface area (Å²) in [6, 6.07) is 16.9. The van der Waals surface area contributed by atoms with Gasteiger partial charge in [-0.15, -0.1) is 0 Å². The highest BCUT2D eigenvalue weighted by molar-refractivity contribution is 6.16. The number of Topliss-reactive ketones (excluding diaryl/α,β-unsaturated/α-hetero) is 1. The number of ketones is 1. The average Bonchev–Trinajstić information content (AvgIpc) is 2.85. The molecular weight excluding hydrogens is 274 g/mol. The van der Waals surface area contributed by atoms with Gasteiger partial charge in [0.2, 0.25) is 0 Å². The van der Waals surface area contributed by atoms with Gasteiger partial charge in [-0.1, -0.05) is 36.4 Å². The summed E-state index contributed by atoms with van der Waals surface area (Å²) in [6.45, 7) is 0. The SMILES string of the molecule is O=C1/C(=C/c2ccc3ccccc3n2)Cc2c(O)cccc21. The van der Waals surface area contributed by atoms with Crippen molar-refractivity contribution < 1.29 is 9.90 Å². The minimum Gasteiger partial charge on any atom is -0.508 e. The number of aromatic hydroxyl groups is 1. The van der Waals surface area contributed by atoms with E-state index >= 15 is 0 Å². The first-order valence-electron chi connectivity index (χ1n) is 7.14. The van der Waals surface area contributed by atoms with E-state index in [1.165, 1.54) is 0 Å². The van der Waals surface area contributed by atoms with Gasteiger partial charge in [-0.05, 0) is 24.3 Å². The molecule has 1 aliphatic carbocycles. The van der Waals surface area contributed by atoms with E-state index in [-0.39, 0.29) is 11.5 Å². The number of aromatic nitrogens is 1. The number of carbonyl (C=O) groups excluding carboxylic acids is 1. The van der Waals surface area contributed by atoms with E-state index in [9.17, 15) is 9.90 Å². The minimum atomic E-state index is -0.0270. The molecule has 1 aliphatic rings. The van der Waals surface area contributed by atoms with Gasteiger partial charge < -0.3 is 5.11 Å². The lowest BCUT2D eigenvalue weighted by molar-refractivity contribution is 0.104. The molecule has 0 fully saturated rings. The maximum Gasteiger partial charge on any atom is 0.189 e. The Morgan fingerprint density at radius 2 is 1.86 bits per heavy atom. The number of pyridine rings is 1. The van der Waals surface area contributed by atoms with Crippen LogP contribution in [0.3, 0.4) is 0 Å².